The Labute approximate surface area is 242 Å². The van der Waals surface area contributed by atoms with Crippen molar-refractivity contribution in [3.63, 3.8) is 0 Å². The number of carbonyl (C=O) groups is 2. The Bertz CT molecular complexity index is 1130. The molecule has 222 valence electrons. The number of para-hydroxylation sites is 1. The molecule has 3 rings (SSSR count). The van der Waals surface area contributed by atoms with Gasteiger partial charge in [-0.2, -0.15) is 0 Å². The third kappa shape index (κ3) is 12.4. The molecule has 0 bridgehead atoms. The minimum atomic E-state index is -0.162. The van der Waals surface area contributed by atoms with E-state index in [9.17, 15) is 9.59 Å². The van der Waals surface area contributed by atoms with E-state index in [1.807, 2.05) is 48.5 Å². The number of rotatable bonds is 20. The van der Waals surface area contributed by atoms with Gasteiger partial charge in [0, 0.05) is 37.1 Å². The van der Waals surface area contributed by atoms with Crippen LogP contribution in [0.1, 0.15) is 29.5 Å². The molecule has 1 aliphatic heterocycles. The summed E-state index contributed by atoms with van der Waals surface area (Å²) in [5, 5.41) is 2.81. The van der Waals surface area contributed by atoms with E-state index in [4.69, 9.17) is 29.4 Å². The predicted octanol–water partition coefficient (Wildman–Crippen LogP) is 1.87. The molecule has 2 aromatic rings. The molecule has 0 saturated carbocycles. The number of fused-ring (bicyclic) bond motifs is 2. The van der Waals surface area contributed by atoms with E-state index in [0.717, 1.165) is 22.4 Å². The van der Waals surface area contributed by atoms with Gasteiger partial charge < -0.3 is 39.6 Å². The fraction of sp³-hybridized carbons (Fsp3) is 0.484. The molecule has 0 aliphatic carbocycles. The second kappa shape index (κ2) is 19.7. The molecule has 10 heteroatoms. The second-order valence-electron chi connectivity index (χ2n) is 9.10. The minimum absolute atomic E-state index is 0.0749. The first-order valence-electron chi connectivity index (χ1n) is 14.0. The zero-order valence-electron chi connectivity index (χ0n) is 23.6. The van der Waals surface area contributed by atoms with E-state index in [2.05, 4.69) is 17.2 Å². The predicted molar refractivity (Wildman–Crippen MR) is 155 cm³/mol. The summed E-state index contributed by atoms with van der Waals surface area (Å²) in [7, 11) is 0. The highest BCUT2D eigenvalue weighted by Crippen LogP contribution is 2.25. The van der Waals surface area contributed by atoms with E-state index in [1.165, 1.54) is 0 Å². The van der Waals surface area contributed by atoms with Gasteiger partial charge in [-0.05, 0) is 23.8 Å². The fourth-order valence-corrected chi connectivity index (χ4v) is 3.97. The number of nitrogens with zero attached hydrogens (tertiary/aromatic N) is 1. The summed E-state index contributed by atoms with van der Waals surface area (Å²) in [6, 6.07) is 15.5. The van der Waals surface area contributed by atoms with Crippen molar-refractivity contribution in [2.45, 2.75) is 19.4 Å². The number of benzene rings is 2. The van der Waals surface area contributed by atoms with E-state index in [-0.39, 0.29) is 37.8 Å². The zero-order chi connectivity index (χ0) is 29.0. The molecular formula is C31H41N3O7. The average Bonchev–Trinajstić information content (AvgIpc) is 2.98. The highest BCUT2D eigenvalue weighted by Gasteiger charge is 2.21. The van der Waals surface area contributed by atoms with Crippen LogP contribution < -0.4 is 16.0 Å². The molecule has 0 atom stereocenters. The van der Waals surface area contributed by atoms with Crippen molar-refractivity contribution in [3.05, 3.63) is 65.2 Å². The lowest BCUT2D eigenvalue weighted by molar-refractivity contribution is -0.122. The smallest absolute Gasteiger partial charge is 0.229 e. The van der Waals surface area contributed by atoms with Gasteiger partial charge in [0.25, 0.3) is 0 Å². The van der Waals surface area contributed by atoms with Crippen LogP contribution in [0, 0.1) is 11.8 Å². The van der Waals surface area contributed by atoms with Gasteiger partial charge in [0.05, 0.1) is 78.3 Å². The molecule has 0 saturated heterocycles. The van der Waals surface area contributed by atoms with Crippen LogP contribution in [0.15, 0.2) is 48.5 Å². The molecule has 0 aromatic heterocycles. The number of hydrogen-bond donors (Lipinski definition) is 2. The Morgan fingerprint density at radius 3 is 1.90 bits per heavy atom. The molecule has 3 N–H and O–H groups in total. The van der Waals surface area contributed by atoms with Gasteiger partial charge in [-0.15, -0.1) is 0 Å². The molecule has 0 spiro atoms. The van der Waals surface area contributed by atoms with E-state index < -0.39 is 0 Å². The number of carbonyl (C=O) groups excluding carboxylic acids is 2. The third-order valence-electron chi connectivity index (χ3n) is 6.06. The molecule has 2 amide bonds. The number of nitrogens with two attached hydrogens (primary N) is 1. The summed E-state index contributed by atoms with van der Waals surface area (Å²) < 4.78 is 26.9. The van der Waals surface area contributed by atoms with Crippen molar-refractivity contribution in [1.82, 2.24) is 5.32 Å². The van der Waals surface area contributed by atoms with Gasteiger partial charge in [-0.1, -0.05) is 42.2 Å². The Morgan fingerprint density at radius 2 is 1.24 bits per heavy atom. The van der Waals surface area contributed by atoms with Crippen molar-refractivity contribution >= 4 is 17.5 Å². The van der Waals surface area contributed by atoms with Crippen molar-refractivity contribution in [3.8, 4) is 11.8 Å². The topological polar surface area (TPSA) is 122 Å². The van der Waals surface area contributed by atoms with Crippen molar-refractivity contribution in [2.75, 3.05) is 84.1 Å². The second-order valence-corrected chi connectivity index (χ2v) is 9.10. The van der Waals surface area contributed by atoms with Gasteiger partial charge in [0.1, 0.15) is 0 Å². The molecule has 41 heavy (non-hydrogen) atoms. The summed E-state index contributed by atoms with van der Waals surface area (Å²) in [5.41, 5.74) is 8.82. The van der Waals surface area contributed by atoms with Crippen LogP contribution in [0.25, 0.3) is 0 Å². The summed E-state index contributed by atoms with van der Waals surface area (Å²) >= 11 is 0. The number of nitrogens with one attached hydrogen (secondary N) is 1. The Morgan fingerprint density at radius 1 is 0.707 bits per heavy atom. The van der Waals surface area contributed by atoms with E-state index in [0.29, 0.717) is 72.6 Å². The van der Waals surface area contributed by atoms with Crippen molar-refractivity contribution < 1.29 is 33.3 Å². The highest BCUT2D eigenvalue weighted by molar-refractivity contribution is 5.95. The molecular weight excluding hydrogens is 526 g/mol. The molecule has 0 unspecified atom stereocenters. The quantitative estimate of drug-likeness (QED) is 0.184. The van der Waals surface area contributed by atoms with Crippen LogP contribution >= 0.6 is 0 Å². The monoisotopic (exact) mass is 567 g/mol. The first kappa shape index (κ1) is 32.2. The molecule has 1 aliphatic rings. The normalized spacial score (nSPS) is 12.0. The lowest BCUT2D eigenvalue weighted by atomic mass is 10.0. The van der Waals surface area contributed by atoms with E-state index >= 15 is 0 Å². The summed E-state index contributed by atoms with van der Waals surface area (Å²) in [6.07, 6.45) is 0.395. The van der Waals surface area contributed by atoms with Crippen molar-refractivity contribution in [1.29, 1.82) is 0 Å². The Hall–Kier alpha value is -3.30. The summed E-state index contributed by atoms with van der Waals surface area (Å²) in [6.45, 7) is 5.78. The van der Waals surface area contributed by atoms with Crippen molar-refractivity contribution in [2.24, 2.45) is 5.73 Å². The molecule has 0 fully saturated rings. The molecule has 0 radical (unpaired) electrons. The molecule has 2 aromatic carbocycles. The van der Waals surface area contributed by atoms with Gasteiger partial charge in [0.15, 0.2) is 0 Å². The van der Waals surface area contributed by atoms with Crippen LogP contribution in [-0.4, -0.2) is 91.0 Å². The van der Waals surface area contributed by atoms with Crippen LogP contribution in [0.2, 0.25) is 0 Å². The summed E-state index contributed by atoms with van der Waals surface area (Å²) in [4.78, 5) is 27.2. The number of amides is 2. The Kier molecular flexibility index (Phi) is 15.5. The average molecular weight is 568 g/mol. The maximum absolute atomic E-state index is 13.2. The lowest BCUT2D eigenvalue weighted by Crippen LogP contribution is -2.35. The summed E-state index contributed by atoms with van der Waals surface area (Å²) in [5.74, 6) is 6.17. The van der Waals surface area contributed by atoms with Gasteiger partial charge in [0.2, 0.25) is 11.8 Å². The largest absolute Gasteiger partial charge is 0.379 e. The minimum Gasteiger partial charge on any atom is -0.379 e. The zero-order valence-corrected chi connectivity index (χ0v) is 23.6. The fourth-order valence-electron chi connectivity index (χ4n) is 3.97. The lowest BCUT2D eigenvalue weighted by Gasteiger charge is -2.26. The SMILES string of the molecule is NCCOCCOCCOCCOCCOCCC(=O)NCCC(=O)N1Cc2ccccc2C#Cc2ccccc21. The number of hydrogen-bond acceptors (Lipinski definition) is 8. The van der Waals surface area contributed by atoms with Crippen LogP contribution in [0.5, 0.6) is 0 Å². The standard InChI is InChI=1S/C31H41N3O7/c32-13-16-38-18-20-40-22-24-41-23-21-39-19-17-37-15-12-30(35)33-14-11-31(36)34-25-28-7-2-1-5-26(28)9-10-27-6-3-4-8-29(27)34/h1-8H,11-25,32H2,(H,33,35). The third-order valence-corrected chi connectivity index (χ3v) is 6.06. The molecule has 1 heterocycles. The van der Waals surface area contributed by atoms with Crippen LogP contribution in [0.3, 0.4) is 0 Å². The maximum Gasteiger partial charge on any atom is 0.229 e. The number of anilines is 1. The first-order valence-corrected chi connectivity index (χ1v) is 14.0. The Balaban J connectivity index is 1.22. The first-order chi connectivity index (χ1) is 20.2. The van der Waals surface area contributed by atoms with E-state index in [1.54, 1.807) is 4.90 Å². The molecule has 10 nitrogen and oxygen atoms in total. The maximum atomic E-state index is 13.2. The van der Waals surface area contributed by atoms with Gasteiger partial charge >= 0.3 is 0 Å². The van der Waals surface area contributed by atoms with Crippen LogP contribution in [0.4, 0.5) is 5.69 Å². The number of ether oxygens (including phenoxy) is 5. The van der Waals surface area contributed by atoms with Crippen LogP contribution in [-0.2, 0) is 39.8 Å². The van der Waals surface area contributed by atoms with Gasteiger partial charge in [-0.25, -0.2) is 0 Å². The highest BCUT2D eigenvalue weighted by atomic mass is 16.6. The van der Waals surface area contributed by atoms with Gasteiger partial charge in [-0.3, -0.25) is 9.59 Å².